The van der Waals surface area contributed by atoms with Gasteiger partial charge in [-0.25, -0.2) is 0 Å². The summed E-state index contributed by atoms with van der Waals surface area (Å²) in [6.45, 7) is 5.90. The maximum atomic E-state index is 9.11. The molecule has 0 aromatic heterocycles. The Hall–Kier alpha value is -0.300. The van der Waals surface area contributed by atoms with E-state index in [1.165, 1.54) is 5.57 Å². The third-order valence-corrected chi connectivity index (χ3v) is 2.10. The summed E-state index contributed by atoms with van der Waals surface area (Å²) in [4.78, 5) is 0. The lowest BCUT2D eigenvalue weighted by Crippen LogP contribution is -2.00. The summed E-state index contributed by atoms with van der Waals surface area (Å²) < 4.78 is 0. The van der Waals surface area contributed by atoms with Crippen LogP contribution in [-0.2, 0) is 0 Å². The fraction of sp³-hybridized carbons (Fsp3) is 0.750. The highest BCUT2D eigenvalue weighted by Crippen LogP contribution is 2.29. The maximum Gasteiger partial charge on any atom is 0.0546 e. The molecule has 0 saturated heterocycles. The lowest BCUT2D eigenvalue weighted by Gasteiger charge is -2.06. The number of aliphatic hydroxyl groups excluding tert-OH is 1. The van der Waals surface area contributed by atoms with Gasteiger partial charge >= 0.3 is 0 Å². The van der Waals surface area contributed by atoms with Gasteiger partial charge in [0.25, 0.3) is 0 Å². The average Bonchev–Trinajstić information content (AvgIpc) is 2.14. The van der Waals surface area contributed by atoms with E-state index in [1.54, 1.807) is 0 Å². The third-order valence-electron chi connectivity index (χ3n) is 2.10. The summed E-state index contributed by atoms with van der Waals surface area (Å²) in [6.07, 6.45) is 3.00. The minimum Gasteiger partial charge on any atom is -0.393 e. The molecule has 2 atom stereocenters. The van der Waals surface area contributed by atoms with Crippen LogP contribution < -0.4 is 0 Å². The van der Waals surface area contributed by atoms with Gasteiger partial charge < -0.3 is 5.11 Å². The van der Waals surface area contributed by atoms with Gasteiger partial charge in [0.1, 0.15) is 0 Å². The Kier molecular flexibility index (Phi) is 1.91. The van der Waals surface area contributed by atoms with Crippen LogP contribution in [0.2, 0.25) is 0 Å². The Morgan fingerprint density at radius 3 is 2.44 bits per heavy atom. The first-order valence-corrected chi connectivity index (χ1v) is 3.53. The van der Waals surface area contributed by atoms with E-state index in [2.05, 4.69) is 6.58 Å². The fourth-order valence-electron chi connectivity index (χ4n) is 1.41. The zero-order valence-corrected chi connectivity index (χ0v) is 5.93. The molecule has 0 amide bonds. The molecule has 1 aliphatic rings. The Balaban J connectivity index is 2.39. The quantitative estimate of drug-likeness (QED) is 0.530. The number of hydrogen-bond donors (Lipinski definition) is 1. The van der Waals surface area contributed by atoms with Gasteiger partial charge in [0.05, 0.1) is 6.10 Å². The first kappa shape index (κ1) is 6.81. The monoisotopic (exact) mass is 126 g/mol. The Morgan fingerprint density at radius 1 is 1.56 bits per heavy atom. The first-order chi connectivity index (χ1) is 4.20. The normalized spacial score (nSPS) is 34.9. The highest BCUT2D eigenvalue weighted by Gasteiger charge is 2.22. The predicted octanol–water partition coefficient (Wildman–Crippen LogP) is 1.72. The van der Waals surface area contributed by atoms with Gasteiger partial charge in [-0.1, -0.05) is 12.2 Å². The van der Waals surface area contributed by atoms with Crippen LogP contribution in [0.4, 0.5) is 0 Å². The van der Waals surface area contributed by atoms with Crippen molar-refractivity contribution in [3.63, 3.8) is 0 Å². The number of allylic oxidation sites excluding steroid dienone is 1. The van der Waals surface area contributed by atoms with Crippen LogP contribution in [0.3, 0.4) is 0 Å². The van der Waals surface area contributed by atoms with Crippen LogP contribution in [0.1, 0.15) is 26.2 Å². The van der Waals surface area contributed by atoms with Crippen molar-refractivity contribution in [3.05, 3.63) is 12.2 Å². The molecule has 0 radical (unpaired) electrons. The Morgan fingerprint density at radius 2 is 2.22 bits per heavy atom. The molecule has 1 N–H and O–H groups in total. The molecule has 1 heteroatoms. The Labute approximate surface area is 56.4 Å². The van der Waals surface area contributed by atoms with Crippen LogP contribution >= 0.6 is 0 Å². The third kappa shape index (κ3) is 1.55. The van der Waals surface area contributed by atoms with E-state index in [0.29, 0.717) is 5.92 Å². The molecule has 1 fully saturated rings. The molecule has 0 spiro atoms. The lowest BCUT2D eigenvalue weighted by atomic mass is 10.0. The van der Waals surface area contributed by atoms with Crippen LogP contribution in [0.25, 0.3) is 0 Å². The molecule has 0 bridgehead atoms. The van der Waals surface area contributed by atoms with E-state index in [0.717, 1.165) is 19.3 Å². The van der Waals surface area contributed by atoms with E-state index in [4.69, 9.17) is 5.11 Å². The zero-order chi connectivity index (χ0) is 6.85. The van der Waals surface area contributed by atoms with E-state index >= 15 is 0 Å². The molecule has 1 nitrogen and oxygen atoms in total. The minimum atomic E-state index is -0.0494. The molecule has 1 aliphatic carbocycles. The predicted molar refractivity (Wildman–Crippen MR) is 38.2 cm³/mol. The van der Waals surface area contributed by atoms with Crippen LogP contribution in [0.15, 0.2) is 12.2 Å². The van der Waals surface area contributed by atoms with Gasteiger partial charge in [-0.2, -0.15) is 0 Å². The van der Waals surface area contributed by atoms with Gasteiger partial charge in [-0.05, 0) is 32.1 Å². The highest BCUT2D eigenvalue weighted by atomic mass is 16.3. The molecule has 9 heavy (non-hydrogen) atoms. The second-order valence-corrected chi connectivity index (χ2v) is 3.01. The molecular weight excluding hydrogens is 112 g/mol. The smallest absolute Gasteiger partial charge is 0.0546 e. The topological polar surface area (TPSA) is 20.2 Å². The molecular formula is C8H14O. The molecule has 52 valence electrons. The zero-order valence-electron chi connectivity index (χ0n) is 5.93. The summed E-state index contributed by atoms with van der Waals surface area (Å²) in [5.41, 5.74) is 1.23. The molecule has 0 aliphatic heterocycles. The van der Waals surface area contributed by atoms with Gasteiger partial charge in [0.15, 0.2) is 0 Å². The van der Waals surface area contributed by atoms with Gasteiger partial charge in [-0.3, -0.25) is 0 Å². The number of aliphatic hydroxyl groups is 1. The molecule has 0 unspecified atom stereocenters. The molecule has 0 aromatic carbocycles. The van der Waals surface area contributed by atoms with Crippen LogP contribution in [0.5, 0.6) is 0 Å². The largest absolute Gasteiger partial charge is 0.393 e. The van der Waals surface area contributed by atoms with Gasteiger partial charge in [-0.15, -0.1) is 0 Å². The average molecular weight is 126 g/mol. The van der Waals surface area contributed by atoms with Crippen molar-refractivity contribution >= 4 is 0 Å². The van der Waals surface area contributed by atoms with Crippen molar-refractivity contribution < 1.29 is 5.11 Å². The first-order valence-electron chi connectivity index (χ1n) is 3.53. The highest BCUT2D eigenvalue weighted by molar-refractivity contribution is 4.99. The molecule has 0 heterocycles. The van der Waals surface area contributed by atoms with Crippen molar-refractivity contribution in [1.29, 1.82) is 0 Å². The minimum absolute atomic E-state index is 0.0494. The lowest BCUT2D eigenvalue weighted by molar-refractivity contribution is 0.179. The van der Waals surface area contributed by atoms with Gasteiger partial charge in [0, 0.05) is 0 Å². The summed E-state index contributed by atoms with van der Waals surface area (Å²) in [5.74, 6) is 0.597. The van der Waals surface area contributed by atoms with Crippen molar-refractivity contribution in [2.45, 2.75) is 32.3 Å². The van der Waals surface area contributed by atoms with Crippen molar-refractivity contribution in [1.82, 2.24) is 0 Å². The summed E-state index contributed by atoms with van der Waals surface area (Å²) in [6, 6.07) is 0. The Bertz CT molecular complexity index is 118. The number of hydrogen-bond acceptors (Lipinski definition) is 1. The second-order valence-electron chi connectivity index (χ2n) is 3.01. The van der Waals surface area contributed by atoms with Crippen LogP contribution in [-0.4, -0.2) is 11.2 Å². The second kappa shape index (κ2) is 2.53. The number of rotatable bonds is 1. The molecule has 0 aromatic rings. The van der Waals surface area contributed by atoms with Crippen molar-refractivity contribution in [2.24, 2.45) is 5.92 Å². The molecule has 1 rings (SSSR count). The SMILES string of the molecule is C=C(C)[C@@H]1CC[C@H](O)C1. The fourth-order valence-corrected chi connectivity index (χ4v) is 1.41. The van der Waals surface area contributed by atoms with E-state index in [9.17, 15) is 0 Å². The standard InChI is InChI=1S/C8H14O/c1-6(2)7-3-4-8(9)5-7/h7-9H,1,3-5H2,2H3/t7-,8+/m1/s1. The van der Waals surface area contributed by atoms with Crippen molar-refractivity contribution in [2.75, 3.05) is 0 Å². The molecule has 1 saturated carbocycles. The van der Waals surface area contributed by atoms with Gasteiger partial charge in [0.2, 0.25) is 0 Å². The van der Waals surface area contributed by atoms with E-state index in [-0.39, 0.29) is 6.10 Å². The maximum absolute atomic E-state index is 9.11. The summed E-state index contributed by atoms with van der Waals surface area (Å²) in [5, 5.41) is 9.11. The van der Waals surface area contributed by atoms with E-state index < -0.39 is 0 Å². The van der Waals surface area contributed by atoms with E-state index in [1.807, 2.05) is 6.92 Å². The summed E-state index contributed by atoms with van der Waals surface area (Å²) in [7, 11) is 0. The van der Waals surface area contributed by atoms with Crippen molar-refractivity contribution in [3.8, 4) is 0 Å². The van der Waals surface area contributed by atoms with Crippen LogP contribution in [0, 0.1) is 5.92 Å². The summed E-state index contributed by atoms with van der Waals surface area (Å²) >= 11 is 0.